The second-order valence-corrected chi connectivity index (χ2v) is 7.55. The number of carbonyl (C=O) groups excluding carboxylic acids is 2. The highest BCUT2D eigenvalue weighted by Crippen LogP contribution is 2.40. The molecule has 7 heteroatoms. The third kappa shape index (κ3) is 4.77. The number of hydrogen-bond donors (Lipinski definition) is 1. The van der Waals surface area contributed by atoms with Gasteiger partial charge in [-0.2, -0.15) is 0 Å². The van der Waals surface area contributed by atoms with Gasteiger partial charge in [-0.15, -0.1) is 0 Å². The van der Waals surface area contributed by atoms with Crippen LogP contribution in [0.5, 0.6) is 5.75 Å². The number of benzene rings is 1. The van der Waals surface area contributed by atoms with Crippen LogP contribution in [0.3, 0.4) is 0 Å². The first-order chi connectivity index (χ1) is 13.0. The quantitative estimate of drug-likeness (QED) is 0.791. The molecule has 2 aliphatic rings. The van der Waals surface area contributed by atoms with Gasteiger partial charge in [-0.1, -0.05) is 12.8 Å². The summed E-state index contributed by atoms with van der Waals surface area (Å²) >= 11 is 0. The van der Waals surface area contributed by atoms with Crippen molar-refractivity contribution in [2.75, 3.05) is 33.9 Å². The second kappa shape index (κ2) is 8.25. The number of hydrogen-bond acceptors (Lipinski definition) is 4. The molecule has 0 aromatic heterocycles. The normalized spacial score (nSPS) is 18.9. The van der Waals surface area contributed by atoms with Crippen molar-refractivity contribution in [1.82, 2.24) is 10.2 Å². The molecule has 0 bridgehead atoms. The van der Waals surface area contributed by atoms with Gasteiger partial charge in [-0.25, -0.2) is 4.39 Å². The molecular formula is C20H27FN2O4. The molecule has 1 heterocycles. The zero-order valence-electron chi connectivity index (χ0n) is 15.9. The van der Waals surface area contributed by atoms with Gasteiger partial charge in [0.25, 0.3) is 5.91 Å². The fourth-order valence-electron chi connectivity index (χ4n) is 3.84. The lowest BCUT2D eigenvalue weighted by atomic mass is 9.82. The lowest BCUT2D eigenvalue weighted by Crippen LogP contribution is -2.57. The van der Waals surface area contributed by atoms with Crippen molar-refractivity contribution in [3.63, 3.8) is 0 Å². The molecule has 6 nitrogen and oxygen atoms in total. The molecule has 3 rings (SSSR count). The van der Waals surface area contributed by atoms with Crippen LogP contribution in [-0.2, 0) is 9.53 Å². The number of amides is 2. The van der Waals surface area contributed by atoms with Crippen LogP contribution in [0.4, 0.5) is 4.39 Å². The van der Waals surface area contributed by atoms with Crippen molar-refractivity contribution in [2.24, 2.45) is 5.92 Å². The van der Waals surface area contributed by atoms with Crippen LogP contribution in [0.2, 0.25) is 0 Å². The van der Waals surface area contributed by atoms with Crippen LogP contribution >= 0.6 is 0 Å². The predicted molar refractivity (Wildman–Crippen MR) is 98.2 cm³/mol. The van der Waals surface area contributed by atoms with E-state index in [9.17, 15) is 14.0 Å². The van der Waals surface area contributed by atoms with Crippen molar-refractivity contribution in [3.8, 4) is 5.75 Å². The first-order valence-corrected chi connectivity index (χ1v) is 9.39. The average Bonchev–Trinajstić information content (AvgIpc) is 3.45. The van der Waals surface area contributed by atoms with E-state index < -0.39 is 5.82 Å². The Balaban J connectivity index is 1.65. The van der Waals surface area contributed by atoms with Crippen molar-refractivity contribution < 1.29 is 23.5 Å². The van der Waals surface area contributed by atoms with Gasteiger partial charge in [0, 0.05) is 31.3 Å². The molecule has 1 N–H and O–H groups in total. The Labute approximate surface area is 159 Å². The lowest BCUT2D eigenvalue weighted by Gasteiger charge is -2.42. The van der Waals surface area contributed by atoms with Gasteiger partial charge < -0.3 is 19.7 Å². The molecule has 0 radical (unpaired) electrons. The van der Waals surface area contributed by atoms with Crippen LogP contribution in [0.1, 0.15) is 42.5 Å². The number of halogens is 1. The molecule has 1 saturated heterocycles. The minimum atomic E-state index is -0.546. The third-order valence-corrected chi connectivity index (χ3v) is 5.46. The van der Waals surface area contributed by atoms with Gasteiger partial charge in [0.05, 0.1) is 7.11 Å². The number of nitrogens with one attached hydrogen (secondary N) is 1. The van der Waals surface area contributed by atoms with Gasteiger partial charge in [0.1, 0.15) is 6.61 Å². The summed E-state index contributed by atoms with van der Waals surface area (Å²) in [5.74, 6) is -0.0782. The molecule has 1 aromatic rings. The smallest absolute Gasteiger partial charge is 0.253 e. The van der Waals surface area contributed by atoms with Crippen LogP contribution in [0.25, 0.3) is 0 Å². The summed E-state index contributed by atoms with van der Waals surface area (Å²) in [6.45, 7) is 1.11. The minimum Gasteiger partial charge on any atom is -0.494 e. The van der Waals surface area contributed by atoms with Crippen LogP contribution in [0.15, 0.2) is 18.2 Å². The molecule has 148 valence electrons. The van der Waals surface area contributed by atoms with E-state index in [2.05, 4.69) is 5.32 Å². The Morgan fingerprint density at radius 2 is 1.96 bits per heavy atom. The highest BCUT2D eigenvalue weighted by molar-refractivity contribution is 5.94. The largest absolute Gasteiger partial charge is 0.494 e. The van der Waals surface area contributed by atoms with E-state index in [-0.39, 0.29) is 29.7 Å². The zero-order chi connectivity index (χ0) is 19.4. The number of likely N-dealkylation sites (tertiary alicyclic amines) is 1. The van der Waals surface area contributed by atoms with Crippen LogP contribution in [0, 0.1) is 11.7 Å². The number of rotatable bonds is 7. The van der Waals surface area contributed by atoms with E-state index in [1.54, 1.807) is 11.0 Å². The number of nitrogens with zero attached hydrogens (tertiary/aromatic N) is 1. The van der Waals surface area contributed by atoms with E-state index in [1.807, 2.05) is 0 Å². The molecular weight excluding hydrogens is 351 g/mol. The molecule has 27 heavy (non-hydrogen) atoms. The number of methoxy groups -OCH3 is 2. The highest BCUT2D eigenvalue weighted by atomic mass is 19.1. The topological polar surface area (TPSA) is 67.9 Å². The van der Waals surface area contributed by atoms with E-state index in [0.29, 0.717) is 37.4 Å². The van der Waals surface area contributed by atoms with Gasteiger partial charge in [0.15, 0.2) is 11.6 Å². The van der Waals surface area contributed by atoms with E-state index in [0.717, 1.165) is 6.42 Å². The van der Waals surface area contributed by atoms with Crippen molar-refractivity contribution >= 4 is 11.8 Å². The monoisotopic (exact) mass is 378 g/mol. The minimum absolute atomic E-state index is 0.0419. The van der Waals surface area contributed by atoms with E-state index in [4.69, 9.17) is 9.47 Å². The molecule has 1 saturated carbocycles. The molecule has 0 unspecified atom stereocenters. The van der Waals surface area contributed by atoms with Gasteiger partial charge >= 0.3 is 0 Å². The summed E-state index contributed by atoms with van der Waals surface area (Å²) in [4.78, 5) is 26.5. The molecule has 2 fully saturated rings. The Morgan fingerprint density at radius 1 is 1.26 bits per heavy atom. The Morgan fingerprint density at radius 3 is 2.52 bits per heavy atom. The standard InChI is InChI=1S/C20H27FN2O4/c1-26-13-18(24)22-20(12-14-3-4-14)7-9-23(10-8-20)19(25)15-5-6-17(27-2)16(21)11-15/h5-6,11,14H,3-4,7-10,12-13H2,1-2H3,(H,22,24). The average molecular weight is 378 g/mol. The van der Waals surface area contributed by atoms with Gasteiger partial charge in [-0.05, 0) is 43.4 Å². The summed E-state index contributed by atoms with van der Waals surface area (Å²) in [5.41, 5.74) is 0.0324. The fourth-order valence-corrected chi connectivity index (χ4v) is 3.84. The first kappa shape index (κ1) is 19.6. The van der Waals surface area contributed by atoms with Crippen molar-refractivity contribution in [1.29, 1.82) is 0 Å². The van der Waals surface area contributed by atoms with Crippen molar-refractivity contribution in [3.05, 3.63) is 29.6 Å². The Hall–Kier alpha value is -2.15. The predicted octanol–water partition coefficient (Wildman–Crippen LogP) is 2.37. The third-order valence-electron chi connectivity index (χ3n) is 5.46. The second-order valence-electron chi connectivity index (χ2n) is 7.55. The SMILES string of the molecule is COCC(=O)NC1(CC2CC2)CCN(C(=O)c2ccc(OC)c(F)c2)CC1. The summed E-state index contributed by atoms with van der Waals surface area (Å²) in [7, 11) is 2.89. The van der Waals surface area contributed by atoms with Crippen molar-refractivity contribution in [2.45, 2.75) is 37.6 Å². The molecule has 2 amide bonds. The molecule has 1 aliphatic heterocycles. The summed E-state index contributed by atoms with van der Waals surface area (Å²) in [6, 6.07) is 4.26. The molecule has 1 aromatic carbocycles. The fraction of sp³-hybridized carbons (Fsp3) is 0.600. The summed E-state index contributed by atoms with van der Waals surface area (Å²) in [6.07, 6.45) is 4.75. The maximum Gasteiger partial charge on any atom is 0.253 e. The number of carbonyl (C=O) groups is 2. The maximum absolute atomic E-state index is 13.9. The van der Waals surface area contributed by atoms with Gasteiger partial charge in [0.2, 0.25) is 5.91 Å². The van der Waals surface area contributed by atoms with Crippen LogP contribution in [-0.4, -0.2) is 56.2 Å². The molecule has 1 aliphatic carbocycles. The van der Waals surface area contributed by atoms with Gasteiger partial charge in [-0.3, -0.25) is 9.59 Å². The zero-order valence-corrected chi connectivity index (χ0v) is 15.9. The lowest BCUT2D eigenvalue weighted by molar-refractivity contribution is -0.127. The number of ether oxygens (including phenoxy) is 2. The Bertz CT molecular complexity index is 697. The van der Waals surface area contributed by atoms with E-state index in [1.165, 1.54) is 39.2 Å². The van der Waals surface area contributed by atoms with E-state index >= 15 is 0 Å². The summed E-state index contributed by atoms with van der Waals surface area (Å²) < 4.78 is 23.7. The Kier molecular flexibility index (Phi) is 5.99. The molecule has 0 spiro atoms. The highest BCUT2D eigenvalue weighted by Gasteiger charge is 2.41. The number of piperidine rings is 1. The molecule has 0 atom stereocenters. The van der Waals surface area contributed by atoms with Crippen LogP contribution < -0.4 is 10.1 Å². The first-order valence-electron chi connectivity index (χ1n) is 9.39. The summed E-state index contributed by atoms with van der Waals surface area (Å²) in [5, 5.41) is 3.15. The maximum atomic E-state index is 13.9.